The lowest BCUT2D eigenvalue weighted by Crippen LogP contribution is -2.18. The molecule has 1 aromatic heterocycles. The van der Waals surface area contributed by atoms with E-state index in [1.807, 2.05) is 18.2 Å². The summed E-state index contributed by atoms with van der Waals surface area (Å²) in [6, 6.07) is 5.52. The van der Waals surface area contributed by atoms with Crippen molar-refractivity contribution in [3.63, 3.8) is 0 Å². The second-order valence-electron chi connectivity index (χ2n) is 3.58. The van der Waals surface area contributed by atoms with Crippen LogP contribution in [0.15, 0.2) is 32.1 Å². The van der Waals surface area contributed by atoms with Gasteiger partial charge in [-0.15, -0.1) is 0 Å². The van der Waals surface area contributed by atoms with Crippen molar-refractivity contribution in [2.75, 3.05) is 13.1 Å². The van der Waals surface area contributed by atoms with Crippen molar-refractivity contribution in [3.8, 4) is 5.75 Å². The van der Waals surface area contributed by atoms with Gasteiger partial charge in [0.2, 0.25) is 5.76 Å². The Bertz CT molecular complexity index is 589. The number of aromatic hydroxyl groups is 1. The highest BCUT2D eigenvalue weighted by molar-refractivity contribution is 9.10. The van der Waals surface area contributed by atoms with Crippen LogP contribution in [0.2, 0.25) is 0 Å². The monoisotopic (exact) mass is 280 g/mol. The minimum atomic E-state index is 0.143. The van der Waals surface area contributed by atoms with E-state index < -0.39 is 0 Å². The first kappa shape index (κ1) is 9.72. The fourth-order valence-electron chi connectivity index (χ4n) is 1.77. The van der Waals surface area contributed by atoms with Gasteiger partial charge >= 0.3 is 0 Å². The lowest BCUT2D eigenvalue weighted by Gasteiger charge is -1.96. The van der Waals surface area contributed by atoms with Crippen LogP contribution in [0.1, 0.15) is 5.76 Å². The molecule has 1 aliphatic rings. The topological polar surface area (TPSA) is 57.8 Å². The van der Waals surface area contributed by atoms with Crippen molar-refractivity contribution in [1.82, 2.24) is 5.32 Å². The van der Waals surface area contributed by atoms with Gasteiger partial charge in [0.05, 0.1) is 11.9 Å². The van der Waals surface area contributed by atoms with Gasteiger partial charge in [-0.1, -0.05) is 15.9 Å². The fourth-order valence-corrected chi connectivity index (χ4v) is 2.13. The molecule has 0 amide bonds. The van der Waals surface area contributed by atoms with Gasteiger partial charge in [0.1, 0.15) is 5.58 Å². The van der Waals surface area contributed by atoms with Crippen LogP contribution in [0.4, 0.5) is 0 Å². The SMILES string of the molecule is Oc1c(C2=NCCN2)oc2ccc(Br)cc12. The Labute approximate surface area is 100 Å². The molecule has 16 heavy (non-hydrogen) atoms. The highest BCUT2D eigenvalue weighted by atomic mass is 79.9. The number of amidine groups is 1. The minimum absolute atomic E-state index is 0.143. The predicted molar refractivity (Wildman–Crippen MR) is 65.0 cm³/mol. The molecule has 4 nitrogen and oxygen atoms in total. The Morgan fingerprint density at radius 1 is 1.44 bits per heavy atom. The van der Waals surface area contributed by atoms with Crippen molar-refractivity contribution >= 4 is 32.7 Å². The maximum absolute atomic E-state index is 10.0. The number of benzene rings is 1. The molecule has 5 heteroatoms. The third kappa shape index (κ3) is 1.39. The van der Waals surface area contributed by atoms with Gasteiger partial charge < -0.3 is 14.8 Å². The van der Waals surface area contributed by atoms with E-state index in [4.69, 9.17) is 4.42 Å². The smallest absolute Gasteiger partial charge is 0.211 e. The molecule has 2 N–H and O–H groups in total. The number of nitrogens with one attached hydrogen (secondary N) is 1. The summed E-state index contributed by atoms with van der Waals surface area (Å²) in [6.07, 6.45) is 0. The fraction of sp³-hybridized carbons (Fsp3) is 0.182. The number of fused-ring (bicyclic) bond motifs is 1. The molecule has 3 rings (SSSR count). The Morgan fingerprint density at radius 2 is 2.31 bits per heavy atom. The van der Waals surface area contributed by atoms with Crippen LogP contribution in [-0.4, -0.2) is 24.0 Å². The zero-order valence-electron chi connectivity index (χ0n) is 8.33. The van der Waals surface area contributed by atoms with Crippen molar-refractivity contribution in [3.05, 3.63) is 28.4 Å². The number of furan rings is 1. The molecule has 0 aliphatic carbocycles. The number of halogens is 1. The van der Waals surface area contributed by atoms with Crippen LogP contribution >= 0.6 is 15.9 Å². The van der Waals surface area contributed by atoms with Crippen LogP contribution in [0.5, 0.6) is 5.75 Å². The van der Waals surface area contributed by atoms with E-state index in [-0.39, 0.29) is 5.75 Å². The molecular formula is C11H9BrN2O2. The van der Waals surface area contributed by atoms with E-state index in [9.17, 15) is 5.11 Å². The number of hydrogen-bond acceptors (Lipinski definition) is 4. The minimum Gasteiger partial charge on any atom is -0.504 e. The molecule has 2 aromatic rings. The first-order chi connectivity index (χ1) is 7.75. The van der Waals surface area contributed by atoms with Crippen LogP contribution in [0, 0.1) is 0 Å². The lowest BCUT2D eigenvalue weighted by molar-refractivity contribution is 0.460. The molecule has 0 saturated heterocycles. The molecule has 0 fully saturated rings. The largest absolute Gasteiger partial charge is 0.504 e. The highest BCUT2D eigenvalue weighted by Gasteiger charge is 2.20. The maximum atomic E-state index is 10.0. The molecule has 1 aromatic carbocycles. The summed E-state index contributed by atoms with van der Waals surface area (Å²) in [5.74, 6) is 1.19. The molecule has 0 unspecified atom stereocenters. The van der Waals surface area contributed by atoms with Gasteiger partial charge in [0.15, 0.2) is 11.6 Å². The molecule has 0 spiro atoms. The Hall–Kier alpha value is -1.49. The Balaban J connectivity index is 2.23. The average molecular weight is 281 g/mol. The summed E-state index contributed by atoms with van der Waals surface area (Å²) < 4.78 is 6.48. The standard InChI is InChI=1S/C11H9BrN2O2/c12-6-1-2-8-7(5-6)9(15)10(16-8)11-13-3-4-14-11/h1-2,5,15H,3-4H2,(H,13,14). The summed E-state index contributed by atoms with van der Waals surface area (Å²) >= 11 is 3.36. The summed E-state index contributed by atoms with van der Waals surface area (Å²) in [5.41, 5.74) is 0.659. The van der Waals surface area contributed by atoms with Gasteiger partial charge in [0, 0.05) is 11.0 Å². The number of rotatable bonds is 1. The van der Waals surface area contributed by atoms with Crippen LogP contribution in [0.3, 0.4) is 0 Å². The third-order valence-electron chi connectivity index (χ3n) is 2.51. The van der Waals surface area contributed by atoms with Crippen molar-refractivity contribution in [1.29, 1.82) is 0 Å². The summed E-state index contributed by atoms with van der Waals surface area (Å²) in [4.78, 5) is 4.22. The predicted octanol–water partition coefficient (Wildman–Crippen LogP) is 2.25. The van der Waals surface area contributed by atoms with E-state index >= 15 is 0 Å². The van der Waals surface area contributed by atoms with Gasteiger partial charge in [-0.3, -0.25) is 4.99 Å². The normalized spacial score (nSPS) is 15.2. The van der Waals surface area contributed by atoms with E-state index in [0.29, 0.717) is 22.6 Å². The Morgan fingerprint density at radius 3 is 3.06 bits per heavy atom. The molecule has 0 radical (unpaired) electrons. The summed E-state index contributed by atoms with van der Waals surface area (Å²) in [7, 11) is 0. The first-order valence-electron chi connectivity index (χ1n) is 4.95. The second-order valence-corrected chi connectivity index (χ2v) is 4.49. The molecular weight excluding hydrogens is 272 g/mol. The zero-order chi connectivity index (χ0) is 11.1. The molecule has 82 valence electrons. The van der Waals surface area contributed by atoms with Gasteiger partial charge in [0.25, 0.3) is 0 Å². The molecule has 2 heterocycles. The summed E-state index contributed by atoms with van der Waals surface area (Å²) in [6.45, 7) is 1.50. The van der Waals surface area contributed by atoms with E-state index in [1.165, 1.54) is 0 Å². The van der Waals surface area contributed by atoms with Crippen LogP contribution in [-0.2, 0) is 0 Å². The molecule has 0 saturated carbocycles. The van der Waals surface area contributed by atoms with Crippen LogP contribution < -0.4 is 5.32 Å². The van der Waals surface area contributed by atoms with Gasteiger partial charge in [-0.05, 0) is 18.2 Å². The van der Waals surface area contributed by atoms with Crippen LogP contribution in [0.25, 0.3) is 11.0 Å². The number of aliphatic imine (C=N–C) groups is 1. The van der Waals surface area contributed by atoms with Gasteiger partial charge in [-0.25, -0.2) is 0 Å². The second kappa shape index (κ2) is 3.52. The molecule has 1 aliphatic heterocycles. The van der Waals surface area contributed by atoms with E-state index in [1.54, 1.807) is 0 Å². The quantitative estimate of drug-likeness (QED) is 0.843. The number of hydrogen-bond donors (Lipinski definition) is 2. The summed E-state index contributed by atoms with van der Waals surface area (Å²) in [5, 5.41) is 13.8. The molecule has 0 atom stereocenters. The van der Waals surface area contributed by atoms with E-state index in [0.717, 1.165) is 17.6 Å². The maximum Gasteiger partial charge on any atom is 0.211 e. The van der Waals surface area contributed by atoms with Crippen molar-refractivity contribution < 1.29 is 9.52 Å². The third-order valence-corrected chi connectivity index (χ3v) is 3.01. The van der Waals surface area contributed by atoms with Crippen molar-refractivity contribution in [2.45, 2.75) is 0 Å². The highest BCUT2D eigenvalue weighted by Crippen LogP contribution is 2.34. The molecule has 0 bridgehead atoms. The first-order valence-corrected chi connectivity index (χ1v) is 5.75. The Kier molecular flexibility index (Phi) is 2.14. The zero-order valence-corrected chi connectivity index (χ0v) is 9.91. The lowest BCUT2D eigenvalue weighted by atomic mass is 10.2. The average Bonchev–Trinajstić information content (AvgIpc) is 2.87. The van der Waals surface area contributed by atoms with E-state index in [2.05, 4.69) is 26.2 Å². The van der Waals surface area contributed by atoms with Crippen molar-refractivity contribution in [2.24, 2.45) is 4.99 Å². The number of nitrogens with zero attached hydrogens (tertiary/aromatic N) is 1. The van der Waals surface area contributed by atoms with Gasteiger partial charge in [-0.2, -0.15) is 0 Å².